The molecule has 2 heteroatoms. The summed E-state index contributed by atoms with van der Waals surface area (Å²) in [6, 6.07) is 53.3. The van der Waals surface area contributed by atoms with Gasteiger partial charge in [-0.05, 0) is 106 Å². The Balaban J connectivity index is 1.33. The van der Waals surface area contributed by atoms with Gasteiger partial charge in [-0.15, -0.1) is 0 Å². The normalized spacial score (nSPS) is 13.0. The molecule has 0 spiro atoms. The van der Waals surface area contributed by atoms with Crippen LogP contribution in [0.5, 0.6) is 0 Å². The van der Waals surface area contributed by atoms with Crippen molar-refractivity contribution in [1.82, 2.24) is 0 Å². The monoisotopic (exact) mass is 632 g/mol. The summed E-state index contributed by atoms with van der Waals surface area (Å²) >= 11 is 0. The van der Waals surface area contributed by atoms with Crippen LogP contribution in [0.25, 0.3) is 46.1 Å². The van der Waals surface area contributed by atoms with Crippen molar-refractivity contribution in [1.29, 1.82) is 0 Å². The first-order chi connectivity index (χ1) is 24.2. The summed E-state index contributed by atoms with van der Waals surface area (Å²) in [6.07, 6.45) is 13.7. The van der Waals surface area contributed by atoms with Crippen molar-refractivity contribution in [3.05, 3.63) is 191 Å². The third-order valence-corrected chi connectivity index (χ3v) is 9.11. The number of hydrogen-bond acceptors (Lipinski definition) is 1. The summed E-state index contributed by atoms with van der Waals surface area (Å²) in [5, 5.41) is 2.66. The molecule has 0 aromatic heterocycles. The van der Waals surface area contributed by atoms with Crippen molar-refractivity contribution >= 4 is 41.0 Å². The van der Waals surface area contributed by atoms with Crippen LogP contribution in [0.3, 0.4) is 0 Å². The molecule has 7 rings (SSSR count). The lowest BCUT2D eigenvalue weighted by Crippen LogP contribution is -2.31. The fourth-order valence-electron chi connectivity index (χ4n) is 6.65. The van der Waals surface area contributed by atoms with Crippen LogP contribution in [0.2, 0.25) is 0 Å². The second-order valence-electron chi connectivity index (χ2n) is 12.3. The Morgan fingerprint density at radius 2 is 1.20 bits per heavy atom. The van der Waals surface area contributed by atoms with E-state index in [9.17, 15) is 0 Å². The highest BCUT2D eigenvalue weighted by Gasteiger charge is 2.15. The predicted octanol–water partition coefficient (Wildman–Crippen LogP) is 10.7. The quantitative estimate of drug-likeness (QED) is 0.0926. The number of nitrogens with zero attached hydrogens (tertiary/aromatic N) is 2. The van der Waals surface area contributed by atoms with Gasteiger partial charge in [0.15, 0.2) is 0 Å². The Bertz CT molecular complexity index is 2260. The molecule has 0 heterocycles. The van der Waals surface area contributed by atoms with Gasteiger partial charge >= 0.3 is 0 Å². The number of hydrogen-bond donors (Lipinski definition) is 0. The van der Waals surface area contributed by atoms with Gasteiger partial charge in [-0.2, -0.15) is 0 Å². The Morgan fingerprint density at radius 3 is 1.88 bits per heavy atom. The van der Waals surface area contributed by atoms with E-state index in [0.717, 1.165) is 46.8 Å². The average Bonchev–Trinajstić information content (AvgIpc) is 3.18. The second kappa shape index (κ2) is 14.8. The third-order valence-electron chi connectivity index (χ3n) is 9.11. The number of aliphatic imine (C=N–C) groups is 1. The van der Waals surface area contributed by atoms with Gasteiger partial charge in [-0.25, -0.2) is 4.99 Å². The van der Waals surface area contributed by atoms with Gasteiger partial charge < -0.3 is 4.90 Å². The molecule has 0 amide bonds. The van der Waals surface area contributed by atoms with E-state index >= 15 is 0 Å². The van der Waals surface area contributed by atoms with E-state index in [2.05, 4.69) is 165 Å². The zero-order chi connectivity index (χ0) is 33.4. The van der Waals surface area contributed by atoms with E-state index < -0.39 is 0 Å². The molecule has 0 bridgehead atoms. The van der Waals surface area contributed by atoms with Crippen LogP contribution in [-0.4, -0.2) is 12.9 Å². The van der Waals surface area contributed by atoms with Crippen molar-refractivity contribution in [3.63, 3.8) is 0 Å². The number of allylic oxidation sites excluding steroid dienone is 3. The maximum absolute atomic E-state index is 5.15. The smallest absolute Gasteiger partial charge is 0.140 e. The largest absolute Gasteiger partial charge is 0.329 e. The molecule has 6 aromatic carbocycles. The molecule has 2 nitrogen and oxygen atoms in total. The highest BCUT2D eigenvalue weighted by atomic mass is 15.2. The van der Waals surface area contributed by atoms with E-state index in [4.69, 9.17) is 4.99 Å². The van der Waals surface area contributed by atoms with Crippen LogP contribution in [0.4, 0.5) is 11.4 Å². The van der Waals surface area contributed by atoms with E-state index in [0.29, 0.717) is 0 Å². The van der Waals surface area contributed by atoms with Crippen LogP contribution >= 0.6 is 0 Å². The summed E-state index contributed by atoms with van der Waals surface area (Å²) < 4.78 is 0. The topological polar surface area (TPSA) is 15.6 Å². The Kier molecular flexibility index (Phi) is 9.57. The molecule has 0 aliphatic heterocycles. The average molecular weight is 633 g/mol. The van der Waals surface area contributed by atoms with Gasteiger partial charge in [-0.1, -0.05) is 146 Å². The van der Waals surface area contributed by atoms with Gasteiger partial charge in [0, 0.05) is 18.3 Å². The molecule has 238 valence electrons. The third kappa shape index (κ3) is 7.00. The zero-order valence-electron chi connectivity index (χ0n) is 28.1. The Morgan fingerprint density at radius 1 is 0.612 bits per heavy atom. The van der Waals surface area contributed by atoms with E-state index in [1.54, 1.807) is 0 Å². The predicted molar refractivity (Wildman–Crippen MR) is 211 cm³/mol. The Hall–Kier alpha value is -5.99. The minimum atomic E-state index is 0.888. The van der Waals surface area contributed by atoms with E-state index in [-0.39, 0.29) is 0 Å². The molecule has 0 saturated carbocycles. The highest BCUT2D eigenvalue weighted by Crippen LogP contribution is 2.28. The second-order valence-corrected chi connectivity index (χ2v) is 12.3. The molecule has 0 N–H and O–H groups in total. The first-order valence-corrected chi connectivity index (χ1v) is 17.1. The molecular weight excluding hydrogens is 593 g/mol. The number of benzene rings is 6. The first-order valence-electron chi connectivity index (χ1n) is 17.1. The molecule has 6 aromatic rings. The van der Waals surface area contributed by atoms with Gasteiger partial charge in [0.2, 0.25) is 0 Å². The summed E-state index contributed by atoms with van der Waals surface area (Å²) in [5.41, 5.74) is 11.6. The number of fused-ring (bicyclic) bond motifs is 1. The summed E-state index contributed by atoms with van der Waals surface area (Å²) in [6.45, 7) is 2.12. The molecule has 49 heavy (non-hydrogen) atoms. The molecule has 0 atom stereocenters. The summed E-state index contributed by atoms with van der Waals surface area (Å²) in [4.78, 5) is 7.31. The lowest BCUT2D eigenvalue weighted by molar-refractivity contribution is 1.12. The van der Waals surface area contributed by atoms with Crippen molar-refractivity contribution in [2.45, 2.75) is 19.8 Å². The fraction of sp³-hybridized carbons (Fsp3) is 0.0851. The number of para-hydroxylation sites is 2. The standard InChI is InChI=1S/C47H40N2/c1-3-35(38-23-18-24-40(33-38)47(48-41-25-12-6-13-26-41)49(2)42-27-14-7-15-28-42)31-32-39-34-45(36-19-8-4-9-20-36)43-29-16-17-30-44(43)46(39)37-21-10-5-11-22-37/h3-15,18-34H,16-17H2,1-2H3/b32-31-,35-3+,48-47?. The highest BCUT2D eigenvalue weighted by molar-refractivity contribution is 6.11. The van der Waals surface area contributed by atoms with Crippen molar-refractivity contribution in [3.8, 4) is 22.3 Å². The SMILES string of the molecule is C/C=C(\C=C/c1cc(-c2ccccc2)c2c(c1-c1ccccc1)=CCCC=2)c1cccc(C(=Nc2ccccc2)N(C)c2ccccc2)c1. The first kappa shape index (κ1) is 31.6. The Labute approximate surface area is 290 Å². The molecule has 0 fully saturated rings. The maximum Gasteiger partial charge on any atom is 0.140 e. The van der Waals surface area contributed by atoms with Crippen LogP contribution in [0.1, 0.15) is 36.5 Å². The van der Waals surface area contributed by atoms with Crippen molar-refractivity contribution < 1.29 is 0 Å². The minimum Gasteiger partial charge on any atom is -0.329 e. The van der Waals surface area contributed by atoms with Crippen LogP contribution < -0.4 is 15.3 Å². The van der Waals surface area contributed by atoms with Gasteiger partial charge in [0.1, 0.15) is 5.84 Å². The van der Waals surface area contributed by atoms with E-state index in [1.807, 2.05) is 36.4 Å². The van der Waals surface area contributed by atoms with Crippen molar-refractivity contribution in [2.24, 2.45) is 4.99 Å². The lowest BCUT2D eigenvalue weighted by atomic mass is 9.88. The fourth-order valence-corrected chi connectivity index (χ4v) is 6.65. The minimum absolute atomic E-state index is 0.888. The molecule has 1 aliphatic rings. The van der Waals surface area contributed by atoms with Crippen molar-refractivity contribution in [2.75, 3.05) is 11.9 Å². The zero-order valence-corrected chi connectivity index (χ0v) is 28.1. The van der Waals surface area contributed by atoms with Gasteiger partial charge in [0.25, 0.3) is 0 Å². The maximum atomic E-state index is 5.15. The lowest BCUT2D eigenvalue weighted by Gasteiger charge is -2.22. The summed E-state index contributed by atoms with van der Waals surface area (Å²) in [5.74, 6) is 0.888. The molecule has 0 unspecified atom stereocenters. The van der Waals surface area contributed by atoms with Crippen LogP contribution in [0.15, 0.2) is 169 Å². The number of rotatable bonds is 8. The molecule has 1 aliphatic carbocycles. The number of anilines is 1. The van der Waals surface area contributed by atoms with Crippen LogP contribution in [0, 0.1) is 0 Å². The molecule has 0 radical (unpaired) electrons. The summed E-state index contributed by atoms with van der Waals surface area (Å²) in [7, 11) is 2.08. The molecule has 0 saturated heterocycles. The molecular formula is C47H40N2. The van der Waals surface area contributed by atoms with Gasteiger partial charge in [0.05, 0.1) is 5.69 Å². The van der Waals surface area contributed by atoms with E-state index in [1.165, 1.54) is 38.3 Å². The van der Waals surface area contributed by atoms with Crippen LogP contribution in [-0.2, 0) is 0 Å². The van der Waals surface area contributed by atoms with Gasteiger partial charge in [-0.3, -0.25) is 0 Å². The number of amidine groups is 1.